The molecule has 0 radical (unpaired) electrons. The molecule has 112 valence electrons. The number of hydrogen-bond donors (Lipinski definition) is 3. The number of methoxy groups -OCH3 is 1. The van der Waals surface area contributed by atoms with Crippen molar-refractivity contribution in [2.75, 3.05) is 20.3 Å². The van der Waals surface area contributed by atoms with Crippen LogP contribution in [0.2, 0.25) is 0 Å². The molecule has 0 spiro atoms. The number of aliphatic hydroxyl groups is 1. The molecule has 8 heteroatoms. The number of carboxylic acid groups (broad SMARTS) is 1. The van der Waals surface area contributed by atoms with Gasteiger partial charge in [0.25, 0.3) is 0 Å². The van der Waals surface area contributed by atoms with E-state index >= 15 is 0 Å². The molecule has 0 bridgehead atoms. The van der Waals surface area contributed by atoms with Gasteiger partial charge in [0.1, 0.15) is 0 Å². The standard InChI is InChI=1S/C12H17NO6S/c1-19-8-10(14)7-13-20(17,18)11-4-2-9(3-5-11)6-12(15)16/h2-5,10,13-14H,6-8H2,1H3,(H,15,16). The van der Waals surface area contributed by atoms with Crippen LogP contribution in [0.25, 0.3) is 0 Å². The first kappa shape index (κ1) is 16.6. The van der Waals surface area contributed by atoms with Crippen molar-refractivity contribution in [3.8, 4) is 0 Å². The Morgan fingerprint density at radius 2 is 1.95 bits per heavy atom. The molecule has 0 saturated carbocycles. The van der Waals surface area contributed by atoms with Gasteiger partial charge in [0.05, 0.1) is 24.0 Å². The predicted octanol–water partition coefficient (Wildman–Crippen LogP) is -0.401. The van der Waals surface area contributed by atoms with E-state index in [9.17, 15) is 18.3 Å². The molecular weight excluding hydrogens is 286 g/mol. The van der Waals surface area contributed by atoms with Crippen LogP contribution in [-0.2, 0) is 26.0 Å². The van der Waals surface area contributed by atoms with E-state index in [1.165, 1.54) is 31.4 Å². The van der Waals surface area contributed by atoms with Gasteiger partial charge in [0.2, 0.25) is 10.0 Å². The van der Waals surface area contributed by atoms with Crippen LogP contribution in [-0.4, -0.2) is 51.0 Å². The van der Waals surface area contributed by atoms with Crippen molar-refractivity contribution in [1.82, 2.24) is 4.72 Å². The monoisotopic (exact) mass is 303 g/mol. The zero-order valence-electron chi connectivity index (χ0n) is 10.9. The summed E-state index contributed by atoms with van der Waals surface area (Å²) >= 11 is 0. The van der Waals surface area contributed by atoms with Crippen molar-refractivity contribution in [1.29, 1.82) is 0 Å². The number of rotatable bonds is 8. The van der Waals surface area contributed by atoms with Crippen LogP contribution in [0.15, 0.2) is 29.2 Å². The van der Waals surface area contributed by atoms with E-state index in [0.29, 0.717) is 5.56 Å². The van der Waals surface area contributed by atoms with Crippen molar-refractivity contribution in [2.45, 2.75) is 17.4 Å². The summed E-state index contributed by atoms with van der Waals surface area (Å²) in [5, 5.41) is 18.0. The van der Waals surface area contributed by atoms with Crippen LogP contribution in [0, 0.1) is 0 Å². The fourth-order valence-corrected chi connectivity index (χ4v) is 2.57. The van der Waals surface area contributed by atoms with E-state index in [2.05, 4.69) is 9.46 Å². The highest BCUT2D eigenvalue weighted by molar-refractivity contribution is 7.89. The lowest BCUT2D eigenvalue weighted by atomic mass is 10.2. The van der Waals surface area contributed by atoms with E-state index in [1.54, 1.807) is 0 Å². The Balaban J connectivity index is 2.70. The summed E-state index contributed by atoms with van der Waals surface area (Å²) in [7, 11) is -2.33. The van der Waals surface area contributed by atoms with Crippen molar-refractivity contribution >= 4 is 16.0 Å². The van der Waals surface area contributed by atoms with Gasteiger partial charge in [-0.15, -0.1) is 0 Å². The molecule has 7 nitrogen and oxygen atoms in total. The summed E-state index contributed by atoms with van der Waals surface area (Å²) < 4.78 is 30.7. The Morgan fingerprint density at radius 3 is 2.45 bits per heavy atom. The van der Waals surface area contributed by atoms with Gasteiger partial charge in [-0.25, -0.2) is 13.1 Å². The summed E-state index contributed by atoms with van der Waals surface area (Å²) in [6.07, 6.45) is -1.10. The van der Waals surface area contributed by atoms with E-state index in [-0.39, 0.29) is 24.5 Å². The minimum Gasteiger partial charge on any atom is -0.481 e. The largest absolute Gasteiger partial charge is 0.481 e. The Hall–Kier alpha value is -1.48. The highest BCUT2D eigenvalue weighted by Gasteiger charge is 2.15. The van der Waals surface area contributed by atoms with Gasteiger partial charge in [0.15, 0.2) is 0 Å². The van der Waals surface area contributed by atoms with Gasteiger partial charge in [-0.2, -0.15) is 0 Å². The molecular formula is C12H17NO6S. The summed E-state index contributed by atoms with van der Waals surface area (Å²) in [5.74, 6) is -0.985. The highest BCUT2D eigenvalue weighted by Crippen LogP contribution is 2.11. The molecule has 0 aromatic heterocycles. The lowest BCUT2D eigenvalue weighted by Crippen LogP contribution is -2.34. The average molecular weight is 303 g/mol. The van der Waals surface area contributed by atoms with Crippen LogP contribution in [0.1, 0.15) is 5.56 Å². The third kappa shape index (κ3) is 5.25. The minimum absolute atomic E-state index is 0.0104. The lowest BCUT2D eigenvalue weighted by Gasteiger charge is -2.11. The number of carboxylic acids is 1. The molecule has 1 unspecified atom stereocenters. The summed E-state index contributed by atoms with van der Waals surface area (Å²) in [6, 6.07) is 5.52. The van der Waals surface area contributed by atoms with Crippen molar-refractivity contribution < 1.29 is 28.2 Å². The van der Waals surface area contributed by atoms with Crippen LogP contribution in [0.3, 0.4) is 0 Å². The Kier molecular flexibility index (Phi) is 6.08. The Morgan fingerprint density at radius 1 is 1.35 bits per heavy atom. The van der Waals surface area contributed by atoms with Crippen molar-refractivity contribution in [3.05, 3.63) is 29.8 Å². The maximum atomic E-state index is 11.9. The molecule has 1 rings (SSSR count). The fourth-order valence-electron chi connectivity index (χ4n) is 1.50. The highest BCUT2D eigenvalue weighted by atomic mass is 32.2. The zero-order chi connectivity index (χ0) is 15.2. The second-order valence-electron chi connectivity index (χ2n) is 4.18. The molecule has 0 aliphatic carbocycles. The molecule has 0 heterocycles. The summed E-state index contributed by atoms with van der Waals surface area (Å²) in [4.78, 5) is 10.5. The van der Waals surface area contributed by atoms with Gasteiger partial charge >= 0.3 is 5.97 Å². The van der Waals surface area contributed by atoms with Gasteiger partial charge in [-0.1, -0.05) is 12.1 Å². The Bertz CT molecular complexity index is 540. The summed E-state index contributed by atoms with van der Waals surface area (Å²) in [5.41, 5.74) is 0.510. The molecule has 0 amide bonds. The normalized spacial score (nSPS) is 13.1. The number of ether oxygens (including phenoxy) is 1. The van der Waals surface area contributed by atoms with E-state index in [1.807, 2.05) is 0 Å². The second kappa shape index (κ2) is 7.34. The molecule has 0 aliphatic heterocycles. The predicted molar refractivity (Wildman–Crippen MR) is 70.9 cm³/mol. The number of nitrogens with one attached hydrogen (secondary N) is 1. The number of sulfonamides is 1. The van der Waals surface area contributed by atoms with Gasteiger partial charge in [0, 0.05) is 13.7 Å². The molecule has 0 aliphatic rings. The van der Waals surface area contributed by atoms with Crippen LogP contribution in [0.5, 0.6) is 0 Å². The zero-order valence-corrected chi connectivity index (χ0v) is 11.8. The maximum absolute atomic E-state index is 11.9. The van der Waals surface area contributed by atoms with Gasteiger partial charge in [-0.05, 0) is 17.7 Å². The van der Waals surface area contributed by atoms with Gasteiger partial charge in [-0.3, -0.25) is 4.79 Å². The van der Waals surface area contributed by atoms with Gasteiger partial charge < -0.3 is 14.9 Å². The average Bonchev–Trinajstić information content (AvgIpc) is 2.37. The van der Waals surface area contributed by atoms with Crippen LogP contribution in [0.4, 0.5) is 0 Å². The topological polar surface area (TPSA) is 113 Å². The van der Waals surface area contributed by atoms with Crippen molar-refractivity contribution in [3.63, 3.8) is 0 Å². The molecule has 1 aromatic carbocycles. The smallest absolute Gasteiger partial charge is 0.307 e. The maximum Gasteiger partial charge on any atom is 0.307 e. The third-order valence-electron chi connectivity index (χ3n) is 2.46. The number of hydrogen-bond acceptors (Lipinski definition) is 5. The van der Waals surface area contributed by atoms with Crippen LogP contribution < -0.4 is 4.72 Å². The number of aliphatic hydroxyl groups excluding tert-OH is 1. The Labute approximate surface area is 117 Å². The first-order valence-corrected chi connectivity index (χ1v) is 7.31. The second-order valence-corrected chi connectivity index (χ2v) is 5.94. The van der Waals surface area contributed by atoms with E-state index < -0.39 is 22.1 Å². The number of benzene rings is 1. The first-order valence-electron chi connectivity index (χ1n) is 5.82. The van der Waals surface area contributed by atoms with E-state index in [0.717, 1.165) is 0 Å². The van der Waals surface area contributed by atoms with E-state index in [4.69, 9.17) is 5.11 Å². The number of carbonyl (C=O) groups is 1. The minimum atomic E-state index is -3.73. The lowest BCUT2D eigenvalue weighted by molar-refractivity contribution is -0.136. The first-order chi connectivity index (χ1) is 9.35. The summed E-state index contributed by atoms with van der Waals surface area (Å²) in [6.45, 7) is -0.132. The molecule has 3 N–H and O–H groups in total. The molecule has 0 fully saturated rings. The fraction of sp³-hybridized carbons (Fsp3) is 0.417. The number of aliphatic carboxylic acids is 1. The molecule has 20 heavy (non-hydrogen) atoms. The SMILES string of the molecule is COCC(O)CNS(=O)(=O)c1ccc(CC(=O)O)cc1. The van der Waals surface area contributed by atoms with Crippen LogP contribution >= 0.6 is 0 Å². The quantitative estimate of drug-likeness (QED) is 0.602. The third-order valence-corrected chi connectivity index (χ3v) is 3.90. The molecule has 0 saturated heterocycles. The molecule has 1 atom stereocenters. The molecule has 1 aromatic rings. The van der Waals surface area contributed by atoms with Crippen molar-refractivity contribution in [2.24, 2.45) is 0 Å².